The summed E-state index contributed by atoms with van der Waals surface area (Å²) in [6.07, 6.45) is 7.06. The molecule has 22 heavy (non-hydrogen) atoms. The van der Waals surface area contributed by atoms with E-state index < -0.39 is 6.09 Å². The molecule has 114 valence electrons. The number of carbonyl (C=O) groups excluding carboxylic acids is 1. The molecular weight excluding hydrogens is 280 g/mol. The lowest BCUT2D eigenvalue weighted by Gasteiger charge is -2.05. The van der Waals surface area contributed by atoms with Gasteiger partial charge in [-0.1, -0.05) is 36.4 Å². The minimum atomic E-state index is -0.426. The number of hydrogen-bond donors (Lipinski definition) is 2. The van der Waals surface area contributed by atoms with Crippen molar-refractivity contribution in [3.63, 3.8) is 0 Å². The number of nitrogens with two attached hydrogens (primary N) is 1. The van der Waals surface area contributed by atoms with Crippen LogP contribution in [0.3, 0.4) is 0 Å². The fourth-order valence-electron chi connectivity index (χ4n) is 1.67. The number of ether oxygens (including phenoxy) is 1. The minimum absolute atomic E-state index is 0.267. The minimum Gasteiger partial charge on any atom is -0.445 e. The molecule has 6 nitrogen and oxygen atoms in total. The zero-order valence-electron chi connectivity index (χ0n) is 12.1. The highest BCUT2D eigenvalue weighted by molar-refractivity contribution is 5.67. The van der Waals surface area contributed by atoms with Crippen molar-refractivity contribution in [1.82, 2.24) is 15.3 Å². The number of nitrogens with zero attached hydrogens (tertiary/aromatic N) is 2. The molecule has 1 aromatic heterocycles. The second-order valence-electron chi connectivity index (χ2n) is 4.55. The van der Waals surface area contributed by atoms with Crippen LogP contribution in [-0.2, 0) is 11.3 Å². The zero-order chi connectivity index (χ0) is 15.6. The number of nitrogen functional groups attached to an aromatic ring is 1. The normalized spacial score (nSPS) is 10.5. The summed E-state index contributed by atoms with van der Waals surface area (Å²) in [7, 11) is 0. The third kappa shape index (κ3) is 5.62. The van der Waals surface area contributed by atoms with Crippen molar-refractivity contribution < 1.29 is 9.53 Å². The number of carbonyl (C=O) groups is 1. The van der Waals surface area contributed by atoms with Gasteiger partial charge in [0.15, 0.2) is 0 Å². The molecule has 2 rings (SSSR count). The van der Waals surface area contributed by atoms with E-state index in [-0.39, 0.29) is 6.61 Å². The van der Waals surface area contributed by atoms with Crippen molar-refractivity contribution in [3.05, 3.63) is 60.1 Å². The molecule has 0 atom stereocenters. The summed E-state index contributed by atoms with van der Waals surface area (Å²) >= 11 is 0. The van der Waals surface area contributed by atoms with E-state index in [1.54, 1.807) is 6.20 Å². The van der Waals surface area contributed by atoms with Crippen molar-refractivity contribution in [2.75, 3.05) is 12.3 Å². The Labute approximate surface area is 129 Å². The van der Waals surface area contributed by atoms with Crippen LogP contribution in [-0.4, -0.2) is 22.6 Å². The van der Waals surface area contributed by atoms with E-state index in [4.69, 9.17) is 10.5 Å². The van der Waals surface area contributed by atoms with Crippen molar-refractivity contribution in [3.8, 4) is 0 Å². The van der Waals surface area contributed by atoms with Crippen LogP contribution in [0.2, 0.25) is 0 Å². The fraction of sp³-hybridized carbons (Fsp3) is 0.188. The number of hydrogen-bond acceptors (Lipinski definition) is 5. The zero-order valence-corrected chi connectivity index (χ0v) is 12.1. The van der Waals surface area contributed by atoms with Gasteiger partial charge in [0.25, 0.3) is 0 Å². The molecule has 1 amide bonds. The molecule has 0 aliphatic rings. The Bertz CT molecular complexity index is 612. The first-order valence-corrected chi connectivity index (χ1v) is 6.92. The molecule has 0 fully saturated rings. The molecule has 0 aliphatic heterocycles. The summed E-state index contributed by atoms with van der Waals surface area (Å²) in [6, 6.07) is 9.54. The summed E-state index contributed by atoms with van der Waals surface area (Å²) < 4.78 is 5.10. The number of benzene rings is 1. The highest BCUT2D eigenvalue weighted by atomic mass is 16.5. The van der Waals surface area contributed by atoms with Gasteiger partial charge in [-0.2, -0.15) is 0 Å². The molecule has 0 saturated heterocycles. The quantitative estimate of drug-likeness (QED) is 0.799. The molecule has 1 aromatic carbocycles. The van der Waals surface area contributed by atoms with E-state index >= 15 is 0 Å². The summed E-state index contributed by atoms with van der Waals surface area (Å²) in [4.78, 5) is 19.5. The Morgan fingerprint density at radius 1 is 1.23 bits per heavy atom. The molecule has 0 saturated carbocycles. The Morgan fingerprint density at radius 3 is 2.77 bits per heavy atom. The van der Waals surface area contributed by atoms with E-state index in [0.717, 1.165) is 11.3 Å². The Balaban J connectivity index is 1.61. The van der Waals surface area contributed by atoms with Crippen LogP contribution in [0, 0.1) is 0 Å². The molecule has 6 heteroatoms. The smallest absolute Gasteiger partial charge is 0.407 e. The molecule has 0 bridgehead atoms. The van der Waals surface area contributed by atoms with Gasteiger partial charge in [0.1, 0.15) is 12.4 Å². The molecular formula is C16H18N4O2. The molecule has 0 spiro atoms. The number of amides is 1. The van der Waals surface area contributed by atoms with Gasteiger partial charge >= 0.3 is 6.09 Å². The third-order valence-electron chi connectivity index (χ3n) is 2.77. The number of rotatable bonds is 6. The predicted octanol–water partition coefficient (Wildman–Crippen LogP) is 2.39. The first-order chi connectivity index (χ1) is 10.7. The lowest BCUT2D eigenvalue weighted by Crippen LogP contribution is -2.24. The predicted molar refractivity (Wildman–Crippen MR) is 84.7 cm³/mol. The highest BCUT2D eigenvalue weighted by Crippen LogP contribution is 2.01. The largest absolute Gasteiger partial charge is 0.445 e. The first-order valence-electron chi connectivity index (χ1n) is 6.92. The summed E-state index contributed by atoms with van der Waals surface area (Å²) in [5, 5.41) is 2.68. The Hall–Kier alpha value is -2.89. The van der Waals surface area contributed by atoms with Crippen molar-refractivity contribution in [2.45, 2.75) is 13.0 Å². The van der Waals surface area contributed by atoms with Gasteiger partial charge in [-0.15, -0.1) is 0 Å². The van der Waals surface area contributed by atoms with Crippen LogP contribution in [0.4, 0.5) is 10.6 Å². The summed E-state index contributed by atoms with van der Waals surface area (Å²) in [5.74, 6) is 0.389. The standard InChI is InChI=1S/C16H18N4O2/c17-15-11-19-14(10-20-15)8-4-5-9-18-16(21)22-12-13-6-2-1-3-7-13/h1-4,6-8,10-11H,5,9,12H2,(H2,17,20)(H,18,21). The average molecular weight is 298 g/mol. The van der Waals surface area contributed by atoms with Gasteiger partial charge in [0.05, 0.1) is 18.1 Å². The highest BCUT2D eigenvalue weighted by Gasteiger charge is 2.00. The SMILES string of the molecule is Nc1cnc(C=CCCNC(=O)OCc2ccccc2)cn1. The van der Waals surface area contributed by atoms with Crippen molar-refractivity contribution in [1.29, 1.82) is 0 Å². The van der Waals surface area contributed by atoms with E-state index in [2.05, 4.69) is 15.3 Å². The second kappa shape index (κ2) is 8.41. The number of aromatic nitrogens is 2. The van der Waals surface area contributed by atoms with E-state index in [9.17, 15) is 4.79 Å². The second-order valence-corrected chi connectivity index (χ2v) is 4.55. The van der Waals surface area contributed by atoms with Gasteiger partial charge < -0.3 is 15.8 Å². The Kier molecular flexibility index (Phi) is 5.92. The van der Waals surface area contributed by atoms with Crippen LogP contribution >= 0.6 is 0 Å². The first kappa shape index (κ1) is 15.5. The molecule has 3 N–H and O–H groups in total. The van der Waals surface area contributed by atoms with E-state index in [1.165, 1.54) is 6.20 Å². The van der Waals surface area contributed by atoms with Crippen LogP contribution in [0.5, 0.6) is 0 Å². The molecule has 1 heterocycles. The van der Waals surface area contributed by atoms with Crippen molar-refractivity contribution >= 4 is 18.0 Å². The molecule has 2 aromatic rings. The molecule has 0 radical (unpaired) electrons. The fourth-order valence-corrected chi connectivity index (χ4v) is 1.67. The van der Waals surface area contributed by atoms with Crippen LogP contribution in [0.1, 0.15) is 17.7 Å². The molecule has 0 unspecified atom stereocenters. The monoisotopic (exact) mass is 298 g/mol. The Morgan fingerprint density at radius 2 is 2.05 bits per heavy atom. The van der Waals surface area contributed by atoms with Gasteiger partial charge in [-0.05, 0) is 18.1 Å². The van der Waals surface area contributed by atoms with Gasteiger partial charge in [-0.25, -0.2) is 9.78 Å². The van der Waals surface area contributed by atoms with Crippen LogP contribution < -0.4 is 11.1 Å². The van der Waals surface area contributed by atoms with Crippen molar-refractivity contribution in [2.24, 2.45) is 0 Å². The lowest BCUT2D eigenvalue weighted by molar-refractivity contribution is 0.140. The maximum Gasteiger partial charge on any atom is 0.407 e. The van der Waals surface area contributed by atoms with Gasteiger partial charge in [0.2, 0.25) is 0 Å². The van der Waals surface area contributed by atoms with E-state index in [1.807, 2.05) is 42.5 Å². The van der Waals surface area contributed by atoms with E-state index in [0.29, 0.717) is 18.8 Å². The summed E-state index contributed by atoms with van der Waals surface area (Å²) in [5.41, 5.74) is 7.13. The molecule has 0 aliphatic carbocycles. The van der Waals surface area contributed by atoms with Gasteiger partial charge in [-0.3, -0.25) is 4.98 Å². The summed E-state index contributed by atoms with van der Waals surface area (Å²) in [6.45, 7) is 0.760. The lowest BCUT2D eigenvalue weighted by atomic mass is 10.2. The maximum atomic E-state index is 11.5. The van der Waals surface area contributed by atoms with Gasteiger partial charge in [0, 0.05) is 6.54 Å². The number of alkyl carbamates (subject to hydrolysis) is 1. The number of nitrogens with one attached hydrogen (secondary N) is 1. The third-order valence-corrected chi connectivity index (χ3v) is 2.77. The number of anilines is 1. The average Bonchev–Trinajstić information content (AvgIpc) is 2.55. The van der Waals surface area contributed by atoms with Crippen LogP contribution in [0.25, 0.3) is 6.08 Å². The topological polar surface area (TPSA) is 90.1 Å². The maximum absolute atomic E-state index is 11.5. The van der Waals surface area contributed by atoms with Crippen LogP contribution in [0.15, 0.2) is 48.8 Å².